The molecule has 0 saturated heterocycles. The maximum Gasteiger partial charge on any atom is 0.253 e. The number of benzene rings is 2. The van der Waals surface area contributed by atoms with Gasteiger partial charge in [-0.05, 0) is 42.0 Å². The Morgan fingerprint density at radius 3 is 2.70 bits per heavy atom. The lowest BCUT2D eigenvalue weighted by molar-refractivity contribution is 0.0951. The van der Waals surface area contributed by atoms with Gasteiger partial charge >= 0.3 is 0 Å². The highest BCUT2D eigenvalue weighted by Crippen LogP contribution is 2.21. The summed E-state index contributed by atoms with van der Waals surface area (Å²) in [5.41, 5.74) is 2.43. The van der Waals surface area contributed by atoms with Crippen LogP contribution in [0.1, 0.15) is 15.9 Å². The number of nitrogens with zero attached hydrogens (tertiary/aromatic N) is 2. The van der Waals surface area contributed by atoms with Crippen LogP contribution in [-0.4, -0.2) is 15.7 Å². The highest BCUT2D eigenvalue weighted by atomic mass is 79.9. The summed E-state index contributed by atoms with van der Waals surface area (Å²) in [6.45, 7) is 0.432. The van der Waals surface area contributed by atoms with Crippen LogP contribution >= 0.6 is 27.5 Å². The lowest BCUT2D eigenvalue weighted by Crippen LogP contribution is -2.23. The van der Waals surface area contributed by atoms with Crippen molar-refractivity contribution in [3.63, 3.8) is 0 Å². The molecular formula is C17H13BrClN3O. The molecule has 4 nitrogen and oxygen atoms in total. The molecule has 1 aromatic heterocycles. The number of rotatable bonds is 4. The van der Waals surface area contributed by atoms with Crippen molar-refractivity contribution in [2.45, 2.75) is 6.54 Å². The minimum absolute atomic E-state index is 0.201. The average molecular weight is 391 g/mol. The van der Waals surface area contributed by atoms with Crippen LogP contribution in [0.5, 0.6) is 0 Å². The van der Waals surface area contributed by atoms with Crippen LogP contribution in [0.25, 0.3) is 5.69 Å². The first-order valence-electron chi connectivity index (χ1n) is 6.96. The topological polar surface area (TPSA) is 46.9 Å². The van der Waals surface area contributed by atoms with Gasteiger partial charge in [0.15, 0.2) is 0 Å². The fourth-order valence-corrected chi connectivity index (χ4v) is 2.70. The van der Waals surface area contributed by atoms with Crippen molar-refractivity contribution in [1.82, 2.24) is 15.1 Å². The Bertz CT molecular complexity index is 816. The molecule has 0 fully saturated rings. The predicted octanol–water partition coefficient (Wildman–Crippen LogP) is 4.22. The van der Waals surface area contributed by atoms with Gasteiger partial charge in [-0.2, -0.15) is 5.10 Å². The zero-order valence-electron chi connectivity index (χ0n) is 12.0. The molecular weight excluding hydrogens is 378 g/mol. The summed E-state index contributed by atoms with van der Waals surface area (Å²) in [5, 5.41) is 7.48. The van der Waals surface area contributed by atoms with E-state index >= 15 is 0 Å². The second-order valence-corrected chi connectivity index (χ2v) is 6.25. The molecule has 1 amide bonds. The van der Waals surface area contributed by atoms with E-state index in [1.807, 2.05) is 36.5 Å². The van der Waals surface area contributed by atoms with Crippen molar-refractivity contribution in [1.29, 1.82) is 0 Å². The lowest BCUT2D eigenvalue weighted by atomic mass is 10.2. The van der Waals surface area contributed by atoms with Gasteiger partial charge in [0.2, 0.25) is 0 Å². The van der Waals surface area contributed by atoms with E-state index in [9.17, 15) is 4.79 Å². The van der Waals surface area contributed by atoms with Crippen molar-refractivity contribution in [3.05, 3.63) is 81.5 Å². The maximum atomic E-state index is 12.2. The van der Waals surface area contributed by atoms with Gasteiger partial charge in [0.25, 0.3) is 5.91 Å². The van der Waals surface area contributed by atoms with Gasteiger partial charge in [0.1, 0.15) is 0 Å². The molecule has 0 unspecified atom stereocenters. The SMILES string of the molecule is O=C(NCc1ccc(-n2cccn2)cc1)c1cc(Br)ccc1Cl. The van der Waals surface area contributed by atoms with Crippen LogP contribution in [0.2, 0.25) is 5.02 Å². The highest BCUT2D eigenvalue weighted by molar-refractivity contribution is 9.10. The first-order valence-corrected chi connectivity index (χ1v) is 8.13. The molecule has 3 aromatic rings. The number of carbonyl (C=O) groups is 1. The van der Waals surface area contributed by atoms with Crippen molar-refractivity contribution in [2.24, 2.45) is 0 Å². The van der Waals surface area contributed by atoms with Crippen LogP contribution in [0.4, 0.5) is 0 Å². The molecule has 0 bridgehead atoms. The summed E-state index contributed by atoms with van der Waals surface area (Å²) in [6.07, 6.45) is 3.61. The Hall–Kier alpha value is -2.11. The molecule has 0 aliphatic carbocycles. The molecule has 0 aliphatic rings. The first kappa shape index (κ1) is 15.8. The second-order valence-electron chi connectivity index (χ2n) is 4.92. The summed E-state index contributed by atoms with van der Waals surface area (Å²) in [7, 11) is 0. The number of carbonyl (C=O) groups excluding carboxylic acids is 1. The number of hydrogen-bond acceptors (Lipinski definition) is 2. The summed E-state index contributed by atoms with van der Waals surface area (Å²) in [6, 6.07) is 14.9. The van der Waals surface area contributed by atoms with E-state index in [4.69, 9.17) is 11.6 Å². The normalized spacial score (nSPS) is 10.5. The van der Waals surface area contributed by atoms with E-state index in [1.165, 1.54) is 0 Å². The highest BCUT2D eigenvalue weighted by Gasteiger charge is 2.10. The zero-order chi connectivity index (χ0) is 16.2. The molecule has 3 rings (SSSR count). The van der Waals surface area contributed by atoms with E-state index in [-0.39, 0.29) is 5.91 Å². The Morgan fingerprint density at radius 2 is 2.00 bits per heavy atom. The smallest absolute Gasteiger partial charge is 0.253 e. The van der Waals surface area contributed by atoms with E-state index in [0.29, 0.717) is 17.1 Å². The molecule has 0 aliphatic heterocycles. The molecule has 0 radical (unpaired) electrons. The van der Waals surface area contributed by atoms with Gasteiger partial charge in [-0.3, -0.25) is 4.79 Å². The molecule has 1 heterocycles. The van der Waals surface area contributed by atoms with E-state index < -0.39 is 0 Å². The van der Waals surface area contributed by atoms with Gasteiger partial charge in [-0.25, -0.2) is 4.68 Å². The summed E-state index contributed by atoms with van der Waals surface area (Å²) in [4.78, 5) is 12.2. The van der Waals surface area contributed by atoms with Crippen molar-refractivity contribution < 1.29 is 4.79 Å². The van der Waals surface area contributed by atoms with Crippen LogP contribution in [-0.2, 0) is 6.54 Å². The van der Waals surface area contributed by atoms with Gasteiger partial charge in [-0.1, -0.05) is 39.7 Å². The summed E-state index contributed by atoms with van der Waals surface area (Å²) >= 11 is 9.40. The number of aromatic nitrogens is 2. The van der Waals surface area contributed by atoms with Gasteiger partial charge in [0.05, 0.1) is 16.3 Å². The third-order valence-corrected chi connectivity index (χ3v) is 4.15. The minimum atomic E-state index is -0.201. The monoisotopic (exact) mass is 389 g/mol. The molecule has 0 atom stereocenters. The summed E-state index contributed by atoms with van der Waals surface area (Å²) in [5.74, 6) is -0.201. The molecule has 116 valence electrons. The number of hydrogen-bond donors (Lipinski definition) is 1. The van der Waals surface area contributed by atoms with Crippen LogP contribution in [0.3, 0.4) is 0 Å². The van der Waals surface area contributed by atoms with Gasteiger partial charge in [-0.15, -0.1) is 0 Å². The number of nitrogens with one attached hydrogen (secondary N) is 1. The van der Waals surface area contributed by atoms with Crippen molar-refractivity contribution in [2.75, 3.05) is 0 Å². The quantitative estimate of drug-likeness (QED) is 0.725. The summed E-state index contributed by atoms with van der Waals surface area (Å²) < 4.78 is 2.60. The fourth-order valence-electron chi connectivity index (χ4n) is 2.14. The van der Waals surface area contributed by atoms with E-state index in [0.717, 1.165) is 15.7 Å². The largest absolute Gasteiger partial charge is 0.348 e. The van der Waals surface area contributed by atoms with Gasteiger partial charge < -0.3 is 5.32 Å². The Balaban J connectivity index is 1.66. The third kappa shape index (κ3) is 3.81. The van der Waals surface area contributed by atoms with Crippen molar-refractivity contribution >= 4 is 33.4 Å². The second kappa shape index (κ2) is 6.98. The Kier molecular flexibility index (Phi) is 4.79. The molecule has 2 aromatic carbocycles. The maximum absolute atomic E-state index is 12.2. The first-order chi connectivity index (χ1) is 11.1. The van der Waals surface area contributed by atoms with E-state index in [2.05, 4.69) is 26.3 Å². The number of halogens is 2. The Labute approximate surface area is 147 Å². The molecule has 0 spiro atoms. The fraction of sp³-hybridized carbons (Fsp3) is 0.0588. The average Bonchev–Trinajstić information content (AvgIpc) is 3.10. The standard InChI is InChI=1S/C17H13BrClN3O/c18-13-4-7-16(19)15(10-13)17(23)20-11-12-2-5-14(6-3-12)22-9-1-8-21-22/h1-10H,11H2,(H,20,23). The van der Waals surface area contributed by atoms with Crippen LogP contribution in [0, 0.1) is 0 Å². The van der Waals surface area contributed by atoms with Crippen molar-refractivity contribution in [3.8, 4) is 5.69 Å². The lowest BCUT2D eigenvalue weighted by Gasteiger charge is -2.08. The molecule has 0 saturated carbocycles. The Morgan fingerprint density at radius 1 is 1.22 bits per heavy atom. The van der Waals surface area contributed by atoms with Crippen LogP contribution < -0.4 is 5.32 Å². The zero-order valence-corrected chi connectivity index (χ0v) is 14.4. The number of amides is 1. The van der Waals surface area contributed by atoms with E-state index in [1.54, 1.807) is 29.1 Å². The molecule has 1 N–H and O–H groups in total. The third-order valence-electron chi connectivity index (χ3n) is 3.33. The van der Waals surface area contributed by atoms with Crippen LogP contribution in [0.15, 0.2) is 65.4 Å². The molecule has 23 heavy (non-hydrogen) atoms. The van der Waals surface area contributed by atoms with Gasteiger partial charge in [0, 0.05) is 23.4 Å². The predicted molar refractivity (Wildman–Crippen MR) is 93.9 cm³/mol. The molecule has 6 heteroatoms. The minimum Gasteiger partial charge on any atom is -0.348 e.